The van der Waals surface area contributed by atoms with Crippen molar-refractivity contribution >= 4 is 12.2 Å². The summed E-state index contributed by atoms with van der Waals surface area (Å²) in [6, 6.07) is 14.3. The Morgan fingerprint density at radius 2 is 1.78 bits per heavy atom. The summed E-state index contributed by atoms with van der Waals surface area (Å²) >= 11 is 0. The summed E-state index contributed by atoms with van der Waals surface area (Å²) in [4.78, 5) is 19.4. The van der Waals surface area contributed by atoms with Gasteiger partial charge in [0, 0.05) is 13.5 Å². The zero-order valence-corrected chi connectivity index (χ0v) is 16.4. The highest BCUT2D eigenvalue weighted by atomic mass is 19.1. The van der Waals surface area contributed by atoms with E-state index < -0.39 is 0 Å². The van der Waals surface area contributed by atoms with Crippen LogP contribution in [0.5, 0.6) is 5.75 Å². The molecule has 0 radical (unpaired) electrons. The highest BCUT2D eigenvalue weighted by Crippen LogP contribution is 2.14. The summed E-state index contributed by atoms with van der Waals surface area (Å²) < 4.78 is 18.6. The van der Waals surface area contributed by atoms with Crippen LogP contribution in [0.3, 0.4) is 0 Å². The van der Waals surface area contributed by atoms with Crippen molar-refractivity contribution < 1.29 is 18.7 Å². The number of carbonyl (C=O) groups excluding carboxylic acids is 2. The second kappa shape index (κ2) is 15.5. The molecule has 2 N–H and O–H groups in total. The van der Waals surface area contributed by atoms with E-state index in [-0.39, 0.29) is 18.3 Å². The molecule has 0 heterocycles. The van der Waals surface area contributed by atoms with Crippen molar-refractivity contribution in [3.05, 3.63) is 65.5 Å². The van der Waals surface area contributed by atoms with Crippen LogP contribution in [0.25, 0.3) is 0 Å². The molecule has 0 aliphatic heterocycles. The molecular formula is C21H29FN2O3. The van der Waals surface area contributed by atoms with Gasteiger partial charge in [0.2, 0.25) is 5.91 Å². The second-order valence-electron chi connectivity index (χ2n) is 5.20. The minimum absolute atomic E-state index is 0.120. The molecule has 2 rings (SSSR count). The minimum Gasteiger partial charge on any atom is -0.489 e. The number of rotatable bonds is 7. The first-order valence-corrected chi connectivity index (χ1v) is 8.84. The fraction of sp³-hybridized carbons (Fsp3) is 0.333. The van der Waals surface area contributed by atoms with E-state index in [4.69, 9.17) is 4.74 Å². The smallest absolute Gasteiger partial charge is 0.217 e. The lowest BCUT2D eigenvalue weighted by Crippen LogP contribution is -2.21. The van der Waals surface area contributed by atoms with Crippen LogP contribution in [0.15, 0.2) is 48.5 Å². The van der Waals surface area contributed by atoms with Gasteiger partial charge in [0.25, 0.3) is 0 Å². The molecule has 0 bridgehead atoms. The highest BCUT2D eigenvalue weighted by molar-refractivity contribution is 5.75. The Morgan fingerprint density at radius 1 is 1.11 bits per heavy atom. The first-order valence-electron chi connectivity index (χ1n) is 8.84. The Kier molecular flexibility index (Phi) is 13.9. The molecule has 0 aliphatic carbocycles. The molecule has 0 saturated carbocycles. The van der Waals surface area contributed by atoms with Crippen LogP contribution < -0.4 is 15.4 Å². The number of amides is 1. The molecule has 1 amide bonds. The predicted octanol–water partition coefficient (Wildman–Crippen LogP) is 3.47. The minimum atomic E-state index is -0.236. The van der Waals surface area contributed by atoms with E-state index >= 15 is 0 Å². The van der Waals surface area contributed by atoms with Gasteiger partial charge in [-0.3, -0.25) is 4.79 Å². The highest BCUT2D eigenvalue weighted by Gasteiger charge is 1.98. The van der Waals surface area contributed by atoms with Gasteiger partial charge in [-0.1, -0.05) is 38.1 Å². The molecular weight excluding hydrogens is 347 g/mol. The Bertz CT molecular complexity index is 661. The van der Waals surface area contributed by atoms with Gasteiger partial charge >= 0.3 is 0 Å². The van der Waals surface area contributed by atoms with Crippen molar-refractivity contribution in [3.63, 3.8) is 0 Å². The van der Waals surface area contributed by atoms with Crippen molar-refractivity contribution in [1.29, 1.82) is 0 Å². The van der Waals surface area contributed by atoms with E-state index in [9.17, 15) is 14.0 Å². The van der Waals surface area contributed by atoms with Gasteiger partial charge in [0.05, 0.1) is 6.54 Å². The fourth-order valence-electron chi connectivity index (χ4n) is 1.89. The normalized spacial score (nSPS) is 9.07. The van der Waals surface area contributed by atoms with Gasteiger partial charge in [0.15, 0.2) is 0 Å². The van der Waals surface area contributed by atoms with Crippen LogP contribution in [0, 0.1) is 5.82 Å². The van der Waals surface area contributed by atoms with E-state index in [0.717, 1.165) is 17.9 Å². The summed E-state index contributed by atoms with van der Waals surface area (Å²) in [6.45, 7) is 6.70. The molecule has 5 nitrogen and oxygen atoms in total. The molecule has 6 heteroatoms. The van der Waals surface area contributed by atoms with Gasteiger partial charge in [-0.2, -0.15) is 0 Å². The Labute approximate surface area is 160 Å². The third kappa shape index (κ3) is 12.3. The van der Waals surface area contributed by atoms with Crippen molar-refractivity contribution in [1.82, 2.24) is 10.6 Å². The van der Waals surface area contributed by atoms with Crippen LogP contribution in [0.4, 0.5) is 4.39 Å². The zero-order chi connectivity index (χ0) is 20.5. The van der Waals surface area contributed by atoms with Crippen molar-refractivity contribution in [3.8, 4) is 5.75 Å². The third-order valence-electron chi connectivity index (χ3n) is 3.03. The number of nitrogens with one attached hydrogen (secondary N) is 2. The Morgan fingerprint density at radius 3 is 2.26 bits per heavy atom. The van der Waals surface area contributed by atoms with Gasteiger partial charge < -0.3 is 20.2 Å². The number of aldehydes is 1. The molecule has 0 unspecified atom stereocenters. The molecule has 0 aromatic heterocycles. The van der Waals surface area contributed by atoms with E-state index in [0.29, 0.717) is 12.9 Å². The van der Waals surface area contributed by atoms with Crippen LogP contribution >= 0.6 is 0 Å². The predicted molar refractivity (Wildman–Crippen MR) is 106 cm³/mol. The quantitative estimate of drug-likeness (QED) is 0.726. The molecule has 0 spiro atoms. The Hall–Kier alpha value is -2.73. The lowest BCUT2D eigenvalue weighted by atomic mass is 10.2. The lowest BCUT2D eigenvalue weighted by Gasteiger charge is -2.07. The number of carbonyl (C=O) groups is 2. The maximum absolute atomic E-state index is 13.0. The lowest BCUT2D eigenvalue weighted by molar-refractivity contribution is -0.120. The van der Waals surface area contributed by atoms with Gasteiger partial charge in [0.1, 0.15) is 24.5 Å². The number of ether oxygens (including phenoxy) is 1. The van der Waals surface area contributed by atoms with Crippen LogP contribution in [-0.2, 0) is 22.7 Å². The van der Waals surface area contributed by atoms with E-state index in [1.165, 1.54) is 24.6 Å². The molecule has 0 aliphatic rings. The zero-order valence-electron chi connectivity index (χ0n) is 16.4. The largest absolute Gasteiger partial charge is 0.489 e. The molecule has 148 valence electrons. The molecule has 27 heavy (non-hydrogen) atoms. The summed E-state index contributed by atoms with van der Waals surface area (Å²) in [5.41, 5.74) is 2.03. The average molecular weight is 376 g/mol. The van der Waals surface area contributed by atoms with Crippen LogP contribution in [0.1, 0.15) is 31.9 Å². The Balaban J connectivity index is 0.000000637. The maximum atomic E-state index is 13.0. The monoisotopic (exact) mass is 376 g/mol. The van der Waals surface area contributed by atoms with Crippen LogP contribution in [0.2, 0.25) is 0 Å². The van der Waals surface area contributed by atoms with E-state index in [1.54, 1.807) is 6.07 Å². The summed E-state index contributed by atoms with van der Waals surface area (Å²) in [7, 11) is 1.91. The average Bonchev–Trinajstić information content (AvgIpc) is 2.68. The van der Waals surface area contributed by atoms with Crippen LogP contribution in [-0.4, -0.2) is 25.8 Å². The van der Waals surface area contributed by atoms with Crippen molar-refractivity contribution in [2.24, 2.45) is 0 Å². The SMILES string of the molecule is CC.CC(=O)NCC=O.CNCc1ccc(OCc2cccc(F)c2)cc1. The first-order chi connectivity index (χ1) is 13.0. The molecule has 0 saturated heterocycles. The van der Waals surface area contributed by atoms with Crippen molar-refractivity contribution in [2.75, 3.05) is 13.6 Å². The van der Waals surface area contributed by atoms with E-state index in [1.807, 2.05) is 51.2 Å². The summed E-state index contributed by atoms with van der Waals surface area (Å²) in [5.74, 6) is 0.381. The topological polar surface area (TPSA) is 67.4 Å². The first kappa shape index (κ1) is 24.3. The molecule has 2 aromatic carbocycles. The fourth-order valence-corrected chi connectivity index (χ4v) is 1.89. The number of halogens is 1. The molecule has 0 atom stereocenters. The standard InChI is InChI=1S/C15H16FNO.C4H7NO2.C2H6/c1-17-10-12-5-7-15(8-6-12)18-11-13-3-2-4-14(16)9-13;1-4(7)5-2-3-6;1-2/h2-9,17H,10-11H2,1H3;3H,2H2,1H3,(H,5,7);1-2H3. The second-order valence-corrected chi connectivity index (χ2v) is 5.20. The number of hydrogen-bond acceptors (Lipinski definition) is 4. The summed E-state index contributed by atoms with van der Waals surface area (Å²) in [5, 5.41) is 5.37. The summed E-state index contributed by atoms with van der Waals surface area (Å²) in [6.07, 6.45) is 0.640. The number of hydrogen-bond donors (Lipinski definition) is 2. The van der Waals surface area contributed by atoms with E-state index in [2.05, 4.69) is 10.6 Å². The van der Waals surface area contributed by atoms with Crippen molar-refractivity contribution in [2.45, 2.75) is 33.9 Å². The van der Waals surface area contributed by atoms with Gasteiger partial charge in [-0.15, -0.1) is 0 Å². The molecule has 2 aromatic rings. The molecule has 0 fully saturated rings. The van der Waals surface area contributed by atoms with Gasteiger partial charge in [-0.25, -0.2) is 4.39 Å². The number of benzene rings is 2. The maximum Gasteiger partial charge on any atom is 0.217 e. The third-order valence-corrected chi connectivity index (χ3v) is 3.03. The van der Waals surface area contributed by atoms with Gasteiger partial charge in [-0.05, 0) is 42.4 Å².